The standard InChI is InChI=1S/C9H16N4O3/c1-13(8-12-11-7(10)16-8)6-9(14)2-4-15-5-3-9/h14H,2-6H2,1H3,(H2,10,11). The minimum absolute atomic E-state index is 0.0285. The summed E-state index contributed by atoms with van der Waals surface area (Å²) in [6.07, 6.45) is 1.22. The number of aromatic nitrogens is 2. The highest BCUT2D eigenvalue weighted by Crippen LogP contribution is 2.23. The summed E-state index contributed by atoms with van der Waals surface area (Å²) in [5, 5.41) is 17.6. The van der Waals surface area contributed by atoms with Crippen molar-refractivity contribution in [3.05, 3.63) is 0 Å². The molecule has 0 atom stereocenters. The molecule has 1 aliphatic heterocycles. The fourth-order valence-electron chi connectivity index (χ4n) is 1.80. The van der Waals surface area contributed by atoms with Gasteiger partial charge in [0.25, 0.3) is 0 Å². The van der Waals surface area contributed by atoms with Gasteiger partial charge in [-0.3, -0.25) is 0 Å². The molecule has 0 unspecified atom stereocenters. The van der Waals surface area contributed by atoms with E-state index in [9.17, 15) is 5.11 Å². The first-order valence-corrected chi connectivity index (χ1v) is 5.19. The summed E-state index contributed by atoms with van der Waals surface area (Å²) in [6.45, 7) is 1.59. The molecule has 2 rings (SSSR count). The van der Waals surface area contributed by atoms with Crippen LogP contribution >= 0.6 is 0 Å². The molecule has 0 spiro atoms. The van der Waals surface area contributed by atoms with Crippen molar-refractivity contribution in [1.29, 1.82) is 0 Å². The molecule has 1 aromatic heterocycles. The number of aliphatic hydroxyl groups is 1. The van der Waals surface area contributed by atoms with E-state index in [4.69, 9.17) is 14.9 Å². The van der Waals surface area contributed by atoms with Crippen molar-refractivity contribution in [1.82, 2.24) is 10.2 Å². The van der Waals surface area contributed by atoms with E-state index < -0.39 is 5.60 Å². The molecule has 7 heteroatoms. The number of anilines is 2. The molecule has 90 valence electrons. The summed E-state index contributed by atoms with van der Waals surface area (Å²) >= 11 is 0. The summed E-state index contributed by atoms with van der Waals surface area (Å²) in [5.41, 5.74) is 4.58. The number of nitrogen functional groups attached to an aromatic ring is 1. The Morgan fingerprint density at radius 2 is 2.12 bits per heavy atom. The van der Waals surface area contributed by atoms with E-state index in [1.807, 2.05) is 0 Å². The molecule has 3 N–H and O–H groups in total. The average Bonchev–Trinajstić information content (AvgIpc) is 2.65. The molecule has 16 heavy (non-hydrogen) atoms. The van der Waals surface area contributed by atoms with Crippen LogP contribution in [0.2, 0.25) is 0 Å². The van der Waals surface area contributed by atoms with Gasteiger partial charge in [-0.25, -0.2) is 0 Å². The minimum Gasteiger partial charge on any atom is -0.390 e. The van der Waals surface area contributed by atoms with Crippen molar-refractivity contribution in [2.45, 2.75) is 18.4 Å². The summed E-state index contributed by atoms with van der Waals surface area (Å²) < 4.78 is 10.3. The maximum Gasteiger partial charge on any atom is 0.319 e. The largest absolute Gasteiger partial charge is 0.390 e. The summed E-state index contributed by atoms with van der Waals surface area (Å²) in [6, 6.07) is 0.346. The zero-order valence-electron chi connectivity index (χ0n) is 9.22. The van der Waals surface area contributed by atoms with Crippen molar-refractivity contribution in [3.8, 4) is 0 Å². The molecule has 7 nitrogen and oxygen atoms in total. The molecular formula is C9H16N4O3. The van der Waals surface area contributed by atoms with Crippen molar-refractivity contribution < 1.29 is 14.3 Å². The molecule has 2 heterocycles. The predicted octanol–water partition coefficient (Wildman–Crippen LogP) is -0.371. The van der Waals surface area contributed by atoms with Crippen molar-refractivity contribution in [2.75, 3.05) is 37.4 Å². The number of ether oxygens (including phenoxy) is 1. The monoisotopic (exact) mass is 228 g/mol. The number of nitrogens with zero attached hydrogens (tertiary/aromatic N) is 3. The van der Waals surface area contributed by atoms with E-state index in [0.29, 0.717) is 38.6 Å². The van der Waals surface area contributed by atoms with Gasteiger partial charge in [0.2, 0.25) is 0 Å². The summed E-state index contributed by atoms with van der Waals surface area (Å²) in [5.74, 6) is 0. The number of hydrogen-bond donors (Lipinski definition) is 2. The van der Waals surface area contributed by atoms with Crippen LogP contribution in [-0.4, -0.2) is 47.7 Å². The molecular weight excluding hydrogens is 212 g/mol. The number of hydrogen-bond acceptors (Lipinski definition) is 7. The number of nitrogens with two attached hydrogens (primary N) is 1. The first-order chi connectivity index (χ1) is 7.59. The van der Waals surface area contributed by atoms with Crippen LogP contribution in [0.25, 0.3) is 0 Å². The first-order valence-electron chi connectivity index (χ1n) is 5.19. The summed E-state index contributed by atoms with van der Waals surface area (Å²) in [4.78, 5) is 1.70. The molecule has 1 aromatic rings. The van der Waals surface area contributed by atoms with Crippen LogP contribution in [0.3, 0.4) is 0 Å². The average molecular weight is 228 g/mol. The molecule has 1 fully saturated rings. The molecule has 0 amide bonds. The van der Waals surface area contributed by atoms with Crippen LogP contribution in [0.5, 0.6) is 0 Å². The van der Waals surface area contributed by atoms with Crippen molar-refractivity contribution in [3.63, 3.8) is 0 Å². The van der Waals surface area contributed by atoms with Gasteiger partial charge in [0.15, 0.2) is 0 Å². The van der Waals surface area contributed by atoms with E-state index in [2.05, 4.69) is 10.2 Å². The van der Waals surface area contributed by atoms with Crippen molar-refractivity contribution in [2.24, 2.45) is 0 Å². The molecule has 0 saturated carbocycles. The molecule has 0 radical (unpaired) electrons. The second-order valence-corrected chi connectivity index (χ2v) is 4.12. The molecule has 1 saturated heterocycles. The van der Waals surface area contributed by atoms with Crippen LogP contribution in [0.4, 0.5) is 12.0 Å². The van der Waals surface area contributed by atoms with E-state index in [-0.39, 0.29) is 6.01 Å². The molecule has 0 aromatic carbocycles. The molecule has 1 aliphatic rings. The third-order valence-electron chi connectivity index (χ3n) is 2.71. The lowest BCUT2D eigenvalue weighted by Gasteiger charge is -2.34. The van der Waals surface area contributed by atoms with Gasteiger partial charge in [0, 0.05) is 33.1 Å². The van der Waals surface area contributed by atoms with E-state index in [1.54, 1.807) is 11.9 Å². The normalized spacial score (nSPS) is 19.6. The van der Waals surface area contributed by atoms with Crippen LogP contribution in [0.1, 0.15) is 12.8 Å². The van der Waals surface area contributed by atoms with Gasteiger partial charge in [0.05, 0.1) is 12.1 Å². The van der Waals surface area contributed by atoms with Gasteiger partial charge < -0.3 is 24.9 Å². The highest BCUT2D eigenvalue weighted by Gasteiger charge is 2.32. The van der Waals surface area contributed by atoms with Gasteiger partial charge in [-0.15, -0.1) is 0 Å². The second kappa shape index (κ2) is 4.26. The second-order valence-electron chi connectivity index (χ2n) is 4.12. The number of rotatable bonds is 3. The fraction of sp³-hybridized carbons (Fsp3) is 0.778. The van der Waals surface area contributed by atoms with E-state index in [1.165, 1.54) is 0 Å². The highest BCUT2D eigenvalue weighted by atomic mass is 16.5. The Morgan fingerprint density at radius 3 is 2.69 bits per heavy atom. The van der Waals surface area contributed by atoms with Crippen LogP contribution in [-0.2, 0) is 4.74 Å². The van der Waals surface area contributed by atoms with Crippen LogP contribution < -0.4 is 10.6 Å². The SMILES string of the molecule is CN(CC1(O)CCOCC1)c1nnc(N)o1. The van der Waals surface area contributed by atoms with Crippen LogP contribution in [0.15, 0.2) is 4.42 Å². The smallest absolute Gasteiger partial charge is 0.319 e. The van der Waals surface area contributed by atoms with Gasteiger partial charge in [-0.2, -0.15) is 0 Å². The predicted molar refractivity (Wildman–Crippen MR) is 57.0 cm³/mol. The van der Waals surface area contributed by atoms with Gasteiger partial charge >= 0.3 is 12.0 Å². The molecule has 0 bridgehead atoms. The lowest BCUT2D eigenvalue weighted by Crippen LogP contribution is -2.45. The van der Waals surface area contributed by atoms with E-state index in [0.717, 1.165) is 0 Å². The van der Waals surface area contributed by atoms with Gasteiger partial charge in [-0.1, -0.05) is 10.2 Å². The third kappa shape index (κ3) is 2.42. The number of likely N-dealkylation sites (N-methyl/N-ethyl adjacent to an activating group) is 1. The summed E-state index contributed by atoms with van der Waals surface area (Å²) in [7, 11) is 1.78. The Labute approximate surface area is 93.2 Å². The zero-order chi connectivity index (χ0) is 11.6. The Morgan fingerprint density at radius 1 is 1.44 bits per heavy atom. The van der Waals surface area contributed by atoms with Gasteiger partial charge in [0.1, 0.15) is 0 Å². The Hall–Kier alpha value is -1.34. The van der Waals surface area contributed by atoms with Gasteiger partial charge in [-0.05, 0) is 0 Å². The maximum atomic E-state index is 10.3. The zero-order valence-corrected chi connectivity index (χ0v) is 9.22. The third-order valence-corrected chi connectivity index (χ3v) is 2.71. The highest BCUT2D eigenvalue weighted by molar-refractivity contribution is 5.27. The lowest BCUT2D eigenvalue weighted by atomic mass is 9.94. The van der Waals surface area contributed by atoms with Crippen LogP contribution in [0, 0.1) is 0 Å². The molecule has 0 aliphatic carbocycles. The maximum absolute atomic E-state index is 10.3. The topological polar surface area (TPSA) is 97.6 Å². The lowest BCUT2D eigenvalue weighted by molar-refractivity contribution is -0.0576. The van der Waals surface area contributed by atoms with Crippen molar-refractivity contribution >= 4 is 12.0 Å². The Balaban J connectivity index is 1.98. The Bertz CT molecular complexity index is 348. The first kappa shape index (κ1) is 11.2. The minimum atomic E-state index is -0.754. The fourth-order valence-corrected chi connectivity index (χ4v) is 1.80. The quantitative estimate of drug-likeness (QED) is 0.728. The van der Waals surface area contributed by atoms with E-state index >= 15 is 0 Å². The Kier molecular flexibility index (Phi) is 2.97.